The maximum absolute atomic E-state index is 13.4. The van der Waals surface area contributed by atoms with Gasteiger partial charge in [-0.3, -0.25) is 14.5 Å². The molecule has 2 amide bonds. The monoisotopic (exact) mass is 401 g/mol. The molecular weight excluding hydrogens is 377 g/mol. The van der Waals surface area contributed by atoms with E-state index in [4.69, 9.17) is 4.65 Å². The van der Waals surface area contributed by atoms with Crippen molar-refractivity contribution in [3.05, 3.63) is 82.9 Å². The molecule has 4 atom stereocenters. The number of amides is 2. The fraction of sp³-hybridized carbons (Fsp3) is 0.333. The number of allylic oxidation sites excluding steroid dienone is 1. The van der Waals surface area contributed by atoms with E-state index >= 15 is 0 Å². The van der Waals surface area contributed by atoms with Crippen LogP contribution in [0, 0.1) is 17.8 Å². The highest BCUT2D eigenvalue weighted by molar-refractivity contribution is 6.43. The first-order chi connectivity index (χ1) is 14.5. The molecule has 5 rings (SSSR count). The molecule has 5 nitrogen and oxygen atoms in total. The number of imide groups is 1. The summed E-state index contributed by atoms with van der Waals surface area (Å²) in [6.45, 7) is 2.33. The van der Waals surface area contributed by atoms with Crippen molar-refractivity contribution in [2.45, 2.75) is 32.3 Å². The van der Waals surface area contributed by atoms with E-state index in [0.717, 1.165) is 22.3 Å². The number of hydrogen-bond donors (Lipinski definition) is 1. The molecule has 2 aromatic rings. The fourth-order valence-electron chi connectivity index (χ4n) is 5.44. The van der Waals surface area contributed by atoms with Gasteiger partial charge < -0.3 is 9.68 Å². The van der Waals surface area contributed by atoms with E-state index in [1.807, 2.05) is 67.6 Å². The van der Waals surface area contributed by atoms with Gasteiger partial charge in [-0.2, -0.15) is 0 Å². The quantitative estimate of drug-likeness (QED) is 0.487. The summed E-state index contributed by atoms with van der Waals surface area (Å²) >= 11 is 0. The molecule has 0 aromatic heterocycles. The van der Waals surface area contributed by atoms with Gasteiger partial charge in [0.15, 0.2) is 0 Å². The summed E-state index contributed by atoms with van der Waals surface area (Å²) in [6, 6.07) is 19.4. The smallest absolute Gasteiger partial charge is 0.427 e. The van der Waals surface area contributed by atoms with Crippen LogP contribution >= 0.6 is 0 Å². The lowest BCUT2D eigenvalue weighted by Crippen LogP contribution is -2.43. The van der Waals surface area contributed by atoms with Gasteiger partial charge in [-0.1, -0.05) is 66.2 Å². The first-order valence-corrected chi connectivity index (χ1v) is 10.5. The number of carbonyl (C=O) groups is 2. The second-order valence-corrected chi connectivity index (χ2v) is 8.54. The van der Waals surface area contributed by atoms with E-state index in [-0.39, 0.29) is 29.8 Å². The molecule has 0 unspecified atom stereocenters. The summed E-state index contributed by atoms with van der Waals surface area (Å²) < 4.78 is 5.93. The summed E-state index contributed by atoms with van der Waals surface area (Å²) in [5, 5.41) is 10.5. The average molecular weight is 401 g/mol. The Bertz CT molecular complexity index is 1010. The molecule has 0 bridgehead atoms. The van der Waals surface area contributed by atoms with Crippen molar-refractivity contribution in [1.29, 1.82) is 0 Å². The Labute approximate surface area is 176 Å². The lowest BCUT2D eigenvalue weighted by Gasteiger charge is -2.42. The molecular formula is C24H24BNO4. The number of nitrogens with zero attached hydrogens (tertiary/aromatic N) is 1. The number of benzene rings is 2. The normalized spacial score (nSPS) is 28.6. The van der Waals surface area contributed by atoms with Crippen molar-refractivity contribution in [2.24, 2.45) is 17.8 Å². The van der Waals surface area contributed by atoms with Crippen LogP contribution in [0.3, 0.4) is 0 Å². The molecule has 0 spiro atoms. The average Bonchev–Trinajstić information content (AvgIpc) is 2.99. The zero-order valence-corrected chi connectivity index (χ0v) is 16.9. The molecule has 3 aliphatic rings. The van der Waals surface area contributed by atoms with Crippen molar-refractivity contribution < 1.29 is 19.3 Å². The van der Waals surface area contributed by atoms with E-state index in [0.29, 0.717) is 19.3 Å². The molecule has 2 aliphatic heterocycles. The van der Waals surface area contributed by atoms with E-state index in [2.05, 4.69) is 0 Å². The zero-order valence-electron chi connectivity index (χ0n) is 16.9. The minimum Gasteiger partial charge on any atom is -0.427 e. The molecule has 152 valence electrons. The van der Waals surface area contributed by atoms with Crippen molar-refractivity contribution in [3.63, 3.8) is 0 Å². The van der Waals surface area contributed by atoms with Crippen molar-refractivity contribution in [3.8, 4) is 0 Å². The number of likely N-dealkylation sites (tertiary alicyclic amines) is 1. The minimum atomic E-state index is -0.957. The topological polar surface area (TPSA) is 66.8 Å². The molecule has 2 saturated heterocycles. The Hall–Kier alpha value is -2.70. The summed E-state index contributed by atoms with van der Waals surface area (Å²) in [4.78, 5) is 28.0. The lowest BCUT2D eigenvalue weighted by molar-refractivity contribution is -0.140. The van der Waals surface area contributed by atoms with Crippen LogP contribution in [0.5, 0.6) is 0 Å². The van der Waals surface area contributed by atoms with Gasteiger partial charge in [0, 0.05) is 0 Å². The molecule has 1 aliphatic carbocycles. The van der Waals surface area contributed by atoms with Gasteiger partial charge in [0.2, 0.25) is 11.8 Å². The minimum absolute atomic E-state index is 0.0931. The third-order valence-electron chi connectivity index (χ3n) is 6.74. The summed E-state index contributed by atoms with van der Waals surface area (Å²) in [5.41, 5.74) is 4.07. The van der Waals surface area contributed by atoms with Crippen LogP contribution in [-0.2, 0) is 20.8 Å². The van der Waals surface area contributed by atoms with Crippen LogP contribution in [0.1, 0.15) is 30.6 Å². The fourth-order valence-corrected chi connectivity index (χ4v) is 5.44. The Morgan fingerprint density at radius 3 is 2.37 bits per heavy atom. The highest BCUT2D eigenvalue weighted by Crippen LogP contribution is 2.53. The van der Waals surface area contributed by atoms with E-state index in [1.54, 1.807) is 0 Å². The zero-order chi connectivity index (χ0) is 20.8. The van der Waals surface area contributed by atoms with Crippen LogP contribution in [0.2, 0.25) is 6.32 Å². The SMILES string of the molecule is CC1=C2[C@@H](c3ccccc3)OB(O)C[C@@H]2[C@@H]2C(=O)N(Cc3ccccc3)C(=O)[C@@H]2C1. The summed E-state index contributed by atoms with van der Waals surface area (Å²) in [6.07, 6.45) is 0.525. The number of hydrogen-bond acceptors (Lipinski definition) is 4. The van der Waals surface area contributed by atoms with Gasteiger partial charge in [-0.05, 0) is 42.3 Å². The predicted octanol–water partition coefficient (Wildman–Crippen LogP) is 3.38. The standard InChI is InChI=1S/C24H24BNO4/c1-15-12-18-21(24(28)26(23(18)27)14-16-8-4-2-5-9-16)19-13-25(29)30-22(20(15)19)17-10-6-3-7-11-17/h2-11,18-19,21-22,29H,12-14H2,1H3/t18-,19+,21-,22-/m1/s1. The lowest BCUT2D eigenvalue weighted by atomic mass is 9.58. The van der Waals surface area contributed by atoms with Gasteiger partial charge in [-0.15, -0.1) is 0 Å². The van der Waals surface area contributed by atoms with Gasteiger partial charge in [0.25, 0.3) is 0 Å². The molecule has 30 heavy (non-hydrogen) atoms. The molecule has 0 radical (unpaired) electrons. The van der Waals surface area contributed by atoms with Gasteiger partial charge in [-0.25, -0.2) is 0 Å². The predicted molar refractivity (Wildman–Crippen MR) is 113 cm³/mol. The largest absolute Gasteiger partial charge is 0.455 e. The van der Waals surface area contributed by atoms with Crippen LogP contribution in [0.4, 0.5) is 0 Å². The number of fused-ring (bicyclic) bond motifs is 3. The molecule has 6 heteroatoms. The second kappa shape index (κ2) is 7.53. The summed E-state index contributed by atoms with van der Waals surface area (Å²) in [5.74, 6) is -1.18. The summed E-state index contributed by atoms with van der Waals surface area (Å²) in [7, 11) is -0.957. The highest BCUT2D eigenvalue weighted by Gasteiger charge is 2.56. The Kier molecular flexibility index (Phi) is 4.84. The first-order valence-electron chi connectivity index (χ1n) is 10.5. The van der Waals surface area contributed by atoms with Crippen LogP contribution in [0.15, 0.2) is 71.8 Å². The third kappa shape index (κ3) is 3.11. The van der Waals surface area contributed by atoms with Crippen molar-refractivity contribution in [1.82, 2.24) is 4.90 Å². The Morgan fingerprint density at radius 1 is 1.00 bits per heavy atom. The van der Waals surface area contributed by atoms with Crippen molar-refractivity contribution in [2.75, 3.05) is 0 Å². The van der Waals surface area contributed by atoms with Crippen LogP contribution in [-0.4, -0.2) is 28.9 Å². The number of carbonyl (C=O) groups excluding carboxylic acids is 2. The second-order valence-electron chi connectivity index (χ2n) is 8.54. The van der Waals surface area contributed by atoms with Crippen molar-refractivity contribution >= 4 is 18.9 Å². The molecule has 2 aromatic carbocycles. The maximum Gasteiger partial charge on any atom is 0.455 e. The van der Waals surface area contributed by atoms with Gasteiger partial charge >= 0.3 is 7.12 Å². The molecule has 0 saturated carbocycles. The molecule has 2 fully saturated rings. The highest BCUT2D eigenvalue weighted by atomic mass is 16.5. The Morgan fingerprint density at radius 2 is 1.67 bits per heavy atom. The first kappa shape index (κ1) is 19.3. The Balaban J connectivity index is 1.50. The number of rotatable bonds is 3. The third-order valence-corrected chi connectivity index (χ3v) is 6.74. The van der Waals surface area contributed by atoms with Gasteiger partial charge in [0.05, 0.1) is 24.5 Å². The maximum atomic E-state index is 13.4. The van der Waals surface area contributed by atoms with Crippen LogP contribution in [0.25, 0.3) is 0 Å². The van der Waals surface area contributed by atoms with E-state index in [1.165, 1.54) is 4.90 Å². The van der Waals surface area contributed by atoms with Gasteiger partial charge in [0.1, 0.15) is 0 Å². The van der Waals surface area contributed by atoms with E-state index < -0.39 is 13.0 Å². The van der Waals surface area contributed by atoms with Crippen LogP contribution < -0.4 is 0 Å². The molecule has 1 N–H and O–H groups in total. The van der Waals surface area contributed by atoms with E-state index in [9.17, 15) is 14.6 Å². The molecule has 2 heterocycles.